The van der Waals surface area contributed by atoms with Gasteiger partial charge in [-0.1, -0.05) is 25.1 Å². The molecule has 13 heavy (non-hydrogen) atoms. The number of hydrazone groups is 1. The standard InChI is InChI=1S/C10H12N2O/c1-2-10-8-11-12(13-10)9-6-4-3-5-7-9/h3-8,10H,2H2,1H3. The first-order valence-corrected chi connectivity index (χ1v) is 4.46. The van der Waals surface area contributed by atoms with E-state index in [1.807, 2.05) is 36.5 Å². The second-order valence-electron chi connectivity index (χ2n) is 2.93. The molecular formula is C10H12N2O. The molecule has 3 heteroatoms. The van der Waals surface area contributed by atoms with Crippen molar-refractivity contribution in [2.45, 2.75) is 19.4 Å². The molecule has 0 spiro atoms. The van der Waals surface area contributed by atoms with Crippen LogP contribution in [0.15, 0.2) is 35.4 Å². The van der Waals surface area contributed by atoms with Crippen LogP contribution in [0.4, 0.5) is 5.69 Å². The molecule has 0 N–H and O–H groups in total. The van der Waals surface area contributed by atoms with Crippen LogP contribution in [0.1, 0.15) is 13.3 Å². The Balaban J connectivity index is 2.09. The highest BCUT2D eigenvalue weighted by Gasteiger charge is 2.17. The minimum Gasteiger partial charge on any atom is -0.243 e. The van der Waals surface area contributed by atoms with Crippen LogP contribution in [0.25, 0.3) is 0 Å². The van der Waals surface area contributed by atoms with Gasteiger partial charge in [-0.05, 0) is 18.6 Å². The number of para-hydroxylation sites is 1. The Morgan fingerprint density at radius 3 is 2.77 bits per heavy atom. The first-order chi connectivity index (χ1) is 6.40. The van der Waals surface area contributed by atoms with Gasteiger partial charge in [-0.2, -0.15) is 5.10 Å². The van der Waals surface area contributed by atoms with Crippen molar-refractivity contribution in [3.63, 3.8) is 0 Å². The maximum Gasteiger partial charge on any atom is 0.125 e. The van der Waals surface area contributed by atoms with E-state index in [0.717, 1.165) is 12.1 Å². The summed E-state index contributed by atoms with van der Waals surface area (Å²) in [5, 5.41) is 5.71. The molecular weight excluding hydrogens is 164 g/mol. The zero-order valence-corrected chi connectivity index (χ0v) is 7.55. The van der Waals surface area contributed by atoms with E-state index in [2.05, 4.69) is 12.0 Å². The van der Waals surface area contributed by atoms with E-state index in [-0.39, 0.29) is 6.10 Å². The third-order valence-electron chi connectivity index (χ3n) is 1.95. The van der Waals surface area contributed by atoms with E-state index >= 15 is 0 Å². The minimum absolute atomic E-state index is 0.125. The topological polar surface area (TPSA) is 24.8 Å². The number of hydrogen-bond donors (Lipinski definition) is 0. The smallest absolute Gasteiger partial charge is 0.125 e. The van der Waals surface area contributed by atoms with E-state index in [4.69, 9.17) is 4.84 Å². The molecule has 0 saturated carbocycles. The maximum atomic E-state index is 5.51. The zero-order chi connectivity index (χ0) is 9.10. The molecule has 0 amide bonds. The molecule has 1 unspecified atom stereocenters. The number of anilines is 1. The van der Waals surface area contributed by atoms with Crippen LogP contribution >= 0.6 is 0 Å². The summed E-state index contributed by atoms with van der Waals surface area (Å²) in [6.07, 6.45) is 2.90. The van der Waals surface area contributed by atoms with Gasteiger partial charge in [0, 0.05) is 0 Å². The van der Waals surface area contributed by atoms with Crippen molar-refractivity contribution >= 4 is 11.9 Å². The molecule has 0 fully saturated rings. The molecule has 1 aromatic rings. The van der Waals surface area contributed by atoms with Gasteiger partial charge in [0.25, 0.3) is 0 Å². The lowest BCUT2D eigenvalue weighted by Crippen LogP contribution is -2.17. The molecule has 0 bridgehead atoms. The fraction of sp³-hybridized carbons (Fsp3) is 0.300. The SMILES string of the molecule is CCC1C=NN(c2ccccc2)O1. The van der Waals surface area contributed by atoms with Crippen molar-refractivity contribution in [3.05, 3.63) is 30.3 Å². The number of benzene rings is 1. The van der Waals surface area contributed by atoms with E-state index in [1.165, 1.54) is 0 Å². The molecule has 1 aliphatic rings. The van der Waals surface area contributed by atoms with Gasteiger partial charge in [-0.15, -0.1) is 5.17 Å². The minimum atomic E-state index is 0.125. The molecule has 3 nitrogen and oxygen atoms in total. The van der Waals surface area contributed by atoms with Crippen LogP contribution in [-0.2, 0) is 4.84 Å². The summed E-state index contributed by atoms with van der Waals surface area (Å²) in [5.41, 5.74) is 0.967. The molecule has 0 radical (unpaired) electrons. The van der Waals surface area contributed by atoms with Crippen LogP contribution in [0.5, 0.6) is 0 Å². The van der Waals surface area contributed by atoms with Gasteiger partial charge < -0.3 is 0 Å². The second kappa shape index (κ2) is 3.58. The van der Waals surface area contributed by atoms with Gasteiger partial charge in [0.05, 0.1) is 11.9 Å². The summed E-state index contributed by atoms with van der Waals surface area (Å²) >= 11 is 0. The van der Waals surface area contributed by atoms with E-state index in [9.17, 15) is 0 Å². The lowest BCUT2D eigenvalue weighted by atomic mass is 10.3. The number of hydrogen-bond acceptors (Lipinski definition) is 3. The van der Waals surface area contributed by atoms with Crippen LogP contribution in [0, 0.1) is 0 Å². The molecule has 1 aliphatic heterocycles. The molecule has 0 aromatic heterocycles. The summed E-state index contributed by atoms with van der Waals surface area (Å²) in [7, 11) is 0. The Kier molecular flexibility index (Phi) is 2.27. The Morgan fingerprint density at radius 2 is 2.15 bits per heavy atom. The highest BCUT2D eigenvalue weighted by molar-refractivity contribution is 5.67. The van der Waals surface area contributed by atoms with Crippen LogP contribution in [0.3, 0.4) is 0 Å². The predicted molar refractivity (Wildman–Crippen MR) is 52.6 cm³/mol. The summed E-state index contributed by atoms with van der Waals surface area (Å²) in [4.78, 5) is 5.51. The third-order valence-corrected chi connectivity index (χ3v) is 1.95. The van der Waals surface area contributed by atoms with Gasteiger partial charge in [0.2, 0.25) is 0 Å². The van der Waals surface area contributed by atoms with Crippen molar-refractivity contribution in [1.29, 1.82) is 0 Å². The highest BCUT2D eigenvalue weighted by atomic mass is 16.7. The van der Waals surface area contributed by atoms with Crippen molar-refractivity contribution in [3.8, 4) is 0 Å². The van der Waals surface area contributed by atoms with Crippen molar-refractivity contribution in [2.24, 2.45) is 5.10 Å². The first kappa shape index (κ1) is 8.26. The largest absolute Gasteiger partial charge is 0.243 e. The van der Waals surface area contributed by atoms with Crippen LogP contribution in [0.2, 0.25) is 0 Å². The lowest BCUT2D eigenvalue weighted by molar-refractivity contribution is 0.0960. The Bertz CT molecular complexity index is 297. The fourth-order valence-electron chi connectivity index (χ4n) is 1.18. The van der Waals surface area contributed by atoms with Crippen molar-refractivity contribution < 1.29 is 4.84 Å². The van der Waals surface area contributed by atoms with E-state index in [1.54, 1.807) is 5.17 Å². The van der Waals surface area contributed by atoms with E-state index in [0.29, 0.717) is 0 Å². The average molecular weight is 176 g/mol. The number of rotatable bonds is 2. The summed E-state index contributed by atoms with van der Waals surface area (Å²) in [5.74, 6) is 0. The molecule has 68 valence electrons. The second-order valence-corrected chi connectivity index (χ2v) is 2.93. The fourth-order valence-corrected chi connectivity index (χ4v) is 1.18. The quantitative estimate of drug-likeness (QED) is 0.690. The van der Waals surface area contributed by atoms with Gasteiger partial charge in [0.15, 0.2) is 0 Å². The zero-order valence-electron chi connectivity index (χ0n) is 7.55. The van der Waals surface area contributed by atoms with Crippen molar-refractivity contribution in [2.75, 3.05) is 5.17 Å². The van der Waals surface area contributed by atoms with Crippen molar-refractivity contribution in [1.82, 2.24) is 0 Å². The maximum absolute atomic E-state index is 5.51. The normalized spacial score (nSPS) is 21.0. The highest BCUT2D eigenvalue weighted by Crippen LogP contribution is 2.19. The Hall–Kier alpha value is -1.35. The number of nitrogens with zero attached hydrogens (tertiary/aromatic N) is 2. The molecule has 1 heterocycles. The lowest BCUT2D eigenvalue weighted by Gasteiger charge is -2.14. The Labute approximate surface area is 77.6 Å². The first-order valence-electron chi connectivity index (χ1n) is 4.46. The Morgan fingerprint density at radius 1 is 1.38 bits per heavy atom. The van der Waals surface area contributed by atoms with Crippen LogP contribution in [-0.4, -0.2) is 12.3 Å². The van der Waals surface area contributed by atoms with Gasteiger partial charge in [-0.3, -0.25) is 0 Å². The van der Waals surface area contributed by atoms with E-state index < -0.39 is 0 Å². The molecule has 0 aliphatic carbocycles. The molecule has 0 saturated heterocycles. The van der Waals surface area contributed by atoms with Gasteiger partial charge in [0.1, 0.15) is 6.10 Å². The predicted octanol–water partition coefficient (Wildman–Crippen LogP) is 2.20. The van der Waals surface area contributed by atoms with Crippen LogP contribution < -0.4 is 5.17 Å². The third kappa shape index (κ3) is 1.70. The molecule has 2 rings (SSSR count). The monoisotopic (exact) mass is 176 g/mol. The molecule has 1 atom stereocenters. The average Bonchev–Trinajstić information content (AvgIpc) is 2.67. The summed E-state index contributed by atoms with van der Waals surface area (Å²) in [6, 6.07) is 9.84. The van der Waals surface area contributed by atoms with Gasteiger partial charge in [-0.25, -0.2) is 4.84 Å². The summed E-state index contributed by atoms with van der Waals surface area (Å²) < 4.78 is 0. The summed E-state index contributed by atoms with van der Waals surface area (Å²) in [6.45, 7) is 2.07. The molecule has 1 aromatic carbocycles. The van der Waals surface area contributed by atoms with Gasteiger partial charge >= 0.3 is 0 Å².